The van der Waals surface area contributed by atoms with Crippen LogP contribution in [-0.2, 0) is 20.7 Å². The lowest BCUT2D eigenvalue weighted by Gasteiger charge is -2.36. The van der Waals surface area contributed by atoms with Crippen molar-refractivity contribution < 1.29 is 14.3 Å². The first-order valence-corrected chi connectivity index (χ1v) is 12.3. The van der Waals surface area contributed by atoms with E-state index >= 15 is 0 Å². The van der Waals surface area contributed by atoms with Gasteiger partial charge in [0.05, 0.1) is 16.7 Å². The average molecular weight is 455 g/mol. The summed E-state index contributed by atoms with van der Waals surface area (Å²) in [6, 6.07) is 8.87. The van der Waals surface area contributed by atoms with Crippen LogP contribution in [0.3, 0.4) is 0 Å². The maximum Gasteiger partial charge on any atom is 0.323 e. The molecule has 2 rings (SSSR count). The minimum Gasteiger partial charge on any atom is -0.465 e. The van der Waals surface area contributed by atoms with E-state index in [1.807, 2.05) is 79.5 Å². The van der Waals surface area contributed by atoms with Crippen molar-refractivity contribution in [2.45, 2.75) is 70.7 Å². The Hall–Kier alpha value is -1.18. The summed E-state index contributed by atoms with van der Waals surface area (Å²) in [5, 5.41) is 3.24. The molecule has 0 bridgehead atoms. The second-order valence-corrected chi connectivity index (χ2v) is 11.2. The summed E-state index contributed by atoms with van der Waals surface area (Å²) < 4.78 is 5.29. The van der Waals surface area contributed by atoms with Crippen LogP contribution in [-0.4, -0.2) is 63.6 Å². The third kappa shape index (κ3) is 7.82. The van der Waals surface area contributed by atoms with Gasteiger partial charge in [0.1, 0.15) is 6.04 Å². The van der Waals surface area contributed by atoms with Crippen molar-refractivity contribution in [3.63, 3.8) is 0 Å². The van der Waals surface area contributed by atoms with Crippen LogP contribution in [0.15, 0.2) is 30.3 Å². The minimum absolute atomic E-state index is 0. The molecule has 1 aromatic carbocycles. The molecule has 0 radical (unpaired) electrons. The lowest BCUT2D eigenvalue weighted by Crippen LogP contribution is -2.55. The Morgan fingerprint density at radius 1 is 1.17 bits per heavy atom. The first-order valence-electron chi connectivity index (χ1n) is 10.3. The summed E-state index contributed by atoms with van der Waals surface area (Å²) in [5.41, 5.74) is 1.03. The first kappa shape index (κ1) is 26.9. The molecule has 1 heterocycles. The number of carbonyl (C=O) groups excluding carboxylic acids is 2. The summed E-state index contributed by atoms with van der Waals surface area (Å²) in [4.78, 5) is 27.7. The van der Waals surface area contributed by atoms with Gasteiger partial charge in [0.15, 0.2) is 0 Å². The number of hydrogen-bond donors (Lipinski definition) is 1. The van der Waals surface area contributed by atoms with Gasteiger partial charge in [-0.15, -0.1) is 23.5 Å². The number of ether oxygens (including phenoxy) is 1. The summed E-state index contributed by atoms with van der Waals surface area (Å²) in [6.07, 6.45) is 0.488. The Labute approximate surface area is 191 Å². The van der Waals surface area contributed by atoms with E-state index in [1.165, 1.54) is 0 Å². The Morgan fingerprint density at radius 3 is 2.30 bits per heavy atom. The fourth-order valence-electron chi connectivity index (χ4n) is 3.40. The third-order valence-electron chi connectivity index (χ3n) is 4.94. The summed E-state index contributed by atoms with van der Waals surface area (Å²) in [7, 11) is 0. The second-order valence-electron chi connectivity index (χ2n) is 7.77. The van der Waals surface area contributed by atoms with Crippen LogP contribution in [0.5, 0.6) is 0 Å². The van der Waals surface area contributed by atoms with Gasteiger partial charge in [-0.05, 0) is 46.6 Å². The van der Waals surface area contributed by atoms with Gasteiger partial charge in [0, 0.05) is 24.1 Å². The fraction of sp³-hybridized carbons (Fsp3) is 0.652. The van der Waals surface area contributed by atoms with Gasteiger partial charge in [0.25, 0.3) is 0 Å². The number of thioether (sulfide) groups is 2. The van der Waals surface area contributed by atoms with Crippen LogP contribution in [0.4, 0.5) is 0 Å². The van der Waals surface area contributed by atoms with E-state index in [4.69, 9.17) is 4.74 Å². The third-order valence-corrected chi connectivity index (χ3v) is 8.20. The van der Waals surface area contributed by atoms with Crippen molar-refractivity contribution in [3.8, 4) is 0 Å². The van der Waals surface area contributed by atoms with Crippen molar-refractivity contribution >= 4 is 35.4 Å². The lowest BCUT2D eigenvalue weighted by molar-refractivity contribution is -0.146. The molecule has 0 spiro atoms. The van der Waals surface area contributed by atoms with Crippen molar-refractivity contribution in [1.82, 2.24) is 10.2 Å². The number of carbonyl (C=O) groups is 2. The van der Waals surface area contributed by atoms with Crippen LogP contribution in [0.2, 0.25) is 0 Å². The lowest BCUT2D eigenvalue weighted by atomic mass is 10.0. The molecule has 1 aromatic rings. The minimum atomic E-state index is -0.559. The van der Waals surface area contributed by atoms with Gasteiger partial charge in [-0.2, -0.15) is 0 Å². The van der Waals surface area contributed by atoms with Gasteiger partial charge < -0.3 is 9.64 Å². The van der Waals surface area contributed by atoms with E-state index in [1.54, 1.807) is 6.92 Å². The van der Waals surface area contributed by atoms with Crippen LogP contribution >= 0.6 is 23.5 Å². The van der Waals surface area contributed by atoms with Crippen LogP contribution in [0.25, 0.3) is 0 Å². The number of esters is 1. The number of nitrogens with zero attached hydrogens (tertiary/aromatic N) is 1. The molecule has 1 saturated heterocycles. The Bertz CT molecular complexity index is 664. The Morgan fingerprint density at radius 2 is 1.77 bits per heavy atom. The molecule has 1 unspecified atom stereocenters. The fourth-order valence-corrected chi connectivity index (χ4v) is 6.22. The SMILES string of the molecule is C.CCOC(=O)C(Cc1ccccc1)N[C@H](C)C(=O)N(CC1(C)SCCS1)C(C)C. The average Bonchev–Trinajstić information content (AvgIpc) is 3.12. The predicted octanol–water partition coefficient (Wildman–Crippen LogP) is 4.21. The summed E-state index contributed by atoms with van der Waals surface area (Å²) >= 11 is 3.84. The topological polar surface area (TPSA) is 58.6 Å². The van der Waals surface area contributed by atoms with Gasteiger partial charge in [-0.1, -0.05) is 37.8 Å². The monoisotopic (exact) mass is 454 g/mol. The van der Waals surface area contributed by atoms with E-state index in [9.17, 15) is 9.59 Å². The molecule has 0 aliphatic carbocycles. The zero-order valence-corrected chi connectivity index (χ0v) is 19.8. The molecule has 1 fully saturated rings. The van der Waals surface area contributed by atoms with E-state index in [0.29, 0.717) is 19.6 Å². The zero-order valence-electron chi connectivity index (χ0n) is 18.1. The van der Waals surface area contributed by atoms with E-state index in [-0.39, 0.29) is 29.4 Å². The van der Waals surface area contributed by atoms with Gasteiger partial charge in [-0.25, -0.2) is 0 Å². The number of rotatable bonds is 10. The maximum atomic E-state index is 13.3. The smallest absolute Gasteiger partial charge is 0.323 e. The van der Waals surface area contributed by atoms with Crippen LogP contribution in [0.1, 0.15) is 47.6 Å². The number of benzene rings is 1. The molecular weight excluding hydrogens is 416 g/mol. The highest BCUT2D eigenvalue weighted by molar-refractivity contribution is 8.21. The molecule has 30 heavy (non-hydrogen) atoms. The Balaban J connectivity index is 0.00000450. The standard InChI is InChI=1S/C22H34N2O3S2.CH4/c1-6-27-21(26)19(14-18-10-8-7-9-11-18)23-17(4)20(25)24(16(2)3)15-22(5)28-12-13-29-22;/h7-11,16-17,19,23H,6,12-15H2,1-5H3;1H4/t17-,19?;/m1./s1. The van der Waals surface area contributed by atoms with Crippen molar-refractivity contribution in [1.29, 1.82) is 0 Å². The zero-order chi connectivity index (χ0) is 21.4. The molecule has 1 N–H and O–H groups in total. The first-order chi connectivity index (χ1) is 13.8. The van der Waals surface area contributed by atoms with Crippen LogP contribution < -0.4 is 5.32 Å². The quantitative estimate of drug-likeness (QED) is 0.535. The van der Waals surface area contributed by atoms with E-state index in [0.717, 1.165) is 17.1 Å². The largest absolute Gasteiger partial charge is 0.465 e. The van der Waals surface area contributed by atoms with E-state index < -0.39 is 12.1 Å². The van der Waals surface area contributed by atoms with Gasteiger partial charge in [-0.3, -0.25) is 14.9 Å². The van der Waals surface area contributed by atoms with Crippen molar-refractivity contribution in [2.24, 2.45) is 0 Å². The number of hydrogen-bond acceptors (Lipinski definition) is 6. The highest BCUT2D eigenvalue weighted by Crippen LogP contribution is 2.44. The molecule has 170 valence electrons. The second kappa shape index (κ2) is 12.6. The molecule has 7 heteroatoms. The van der Waals surface area contributed by atoms with Gasteiger partial charge >= 0.3 is 5.97 Å². The summed E-state index contributed by atoms with van der Waals surface area (Å²) in [5.74, 6) is 1.95. The molecule has 0 aromatic heterocycles. The molecule has 1 amide bonds. The van der Waals surface area contributed by atoms with Crippen LogP contribution in [0, 0.1) is 0 Å². The maximum absolute atomic E-state index is 13.3. The highest BCUT2D eigenvalue weighted by Gasteiger charge is 2.36. The molecule has 0 saturated carbocycles. The molecule has 1 aliphatic rings. The predicted molar refractivity (Wildman–Crippen MR) is 130 cm³/mol. The van der Waals surface area contributed by atoms with E-state index in [2.05, 4.69) is 12.2 Å². The molecule has 1 aliphatic heterocycles. The number of amides is 1. The molecule has 5 nitrogen and oxygen atoms in total. The highest BCUT2D eigenvalue weighted by atomic mass is 32.2. The van der Waals surface area contributed by atoms with Gasteiger partial charge in [0.2, 0.25) is 5.91 Å². The van der Waals surface area contributed by atoms with Crippen molar-refractivity contribution in [2.75, 3.05) is 24.7 Å². The molecule has 2 atom stereocenters. The number of nitrogens with one attached hydrogen (secondary N) is 1. The summed E-state index contributed by atoms with van der Waals surface area (Å²) in [6.45, 7) is 11.0. The Kier molecular flexibility index (Phi) is 11.3. The normalized spacial score (nSPS) is 17.1. The molecular formula is C23H38N2O3S2. The van der Waals surface area contributed by atoms with Crippen molar-refractivity contribution in [3.05, 3.63) is 35.9 Å².